The van der Waals surface area contributed by atoms with E-state index in [1.165, 1.54) is 15.5 Å². The smallest absolute Gasteiger partial charge is 0.271 e. The predicted molar refractivity (Wildman–Crippen MR) is 112 cm³/mol. The molecule has 2 aromatic rings. The molecule has 150 valence electrons. The lowest BCUT2D eigenvalue weighted by Crippen LogP contribution is -3.13. The SMILES string of the molecule is O=C(C1=CCC(=O)N(c2ccccc2)N1)N1CC[NH+](Cc2ccc(Cl)cc2)CC1. The third-order valence-electron chi connectivity index (χ3n) is 5.33. The van der Waals surface area contributed by atoms with E-state index in [-0.39, 0.29) is 18.2 Å². The van der Waals surface area contributed by atoms with Crippen LogP contribution in [-0.4, -0.2) is 42.9 Å². The summed E-state index contributed by atoms with van der Waals surface area (Å²) in [5.74, 6) is -0.131. The lowest BCUT2D eigenvalue weighted by Gasteiger charge is -2.35. The van der Waals surface area contributed by atoms with Crippen LogP contribution in [0.4, 0.5) is 5.69 Å². The van der Waals surface area contributed by atoms with Crippen molar-refractivity contribution in [1.29, 1.82) is 0 Å². The van der Waals surface area contributed by atoms with E-state index in [4.69, 9.17) is 11.6 Å². The topological polar surface area (TPSA) is 57.1 Å². The highest BCUT2D eigenvalue weighted by molar-refractivity contribution is 6.30. The van der Waals surface area contributed by atoms with E-state index in [2.05, 4.69) is 17.6 Å². The molecule has 0 aliphatic carbocycles. The Kier molecular flexibility index (Phi) is 5.83. The molecule has 0 spiro atoms. The van der Waals surface area contributed by atoms with Gasteiger partial charge in [-0.15, -0.1) is 0 Å². The largest absolute Gasteiger partial charge is 0.328 e. The Hall–Kier alpha value is -2.83. The molecule has 2 aromatic carbocycles. The van der Waals surface area contributed by atoms with E-state index in [0.29, 0.717) is 18.8 Å². The Morgan fingerprint density at radius 3 is 2.41 bits per heavy atom. The number of quaternary nitrogens is 1. The summed E-state index contributed by atoms with van der Waals surface area (Å²) in [5, 5.41) is 2.20. The van der Waals surface area contributed by atoms with Crippen LogP contribution in [-0.2, 0) is 16.1 Å². The zero-order valence-electron chi connectivity index (χ0n) is 16.1. The van der Waals surface area contributed by atoms with Gasteiger partial charge in [-0.3, -0.25) is 15.0 Å². The summed E-state index contributed by atoms with van der Waals surface area (Å²) in [5.41, 5.74) is 5.45. The van der Waals surface area contributed by atoms with Crippen molar-refractivity contribution in [3.05, 3.63) is 77.0 Å². The first-order valence-electron chi connectivity index (χ1n) is 9.82. The van der Waals surface area contributed by atoms with Gasteiger partial charge in [-0.25, -0.2) is 5.01 Å². The Bertz CT molecular complexity index is 906. The summed E-state index contributed by atoms with van der Waals surface area (Å²) in [7, 11) is 0. The number of nitrogens with one attached hydrogen (secondary N) is 2. The first-order valence-corrected chi connectivity index (χ1v) is 10.2. The Balaban J connectivity index is 1.34. The zero-order valence-corrected chi connectivity index (χ0v) is 16.9. The fourth-order valence-electron chi connectivity index (χ4n) is 3.69. The van der Waals surface area contributed by atoms with E-state index in [1.807, 2.05) is 47.4 Å². The predicted octanol–water partition coefficient (Wildman–Crippen LogP) is 1.39. The molecule has 2 aliphatic heterocycles. The number of nitrogens with zero attached hydrogens (tertiary/aromatic N) is 2. The molecule has 29 heavy (non-hydrogen) atoms. The van der Waals surface area contributed by atoms with Crippen LogP contribution >= 0.6 is 11.6 Å². The number of amides is 2. The first-order chi connectivity index (χ1) is 14.1. The number of anilines is 1. The number of carbonyl (C=O) groups is 2. The number of hydrogen-bond donors (Lipinski definition) is 2. The fourth-order valence-corrected chi connectivity index (χ4v) is 3.82. The first kappa shape index (κ1) is 19.5. The molecule has 2 N–H and O–H groups in total. The van der Waals surface area contributed by atoms with Gasteiger partial charge in [0.1, 0.15) is 12.2 Å². The van der Waals surface area contributed by atoms with Crippen LogP contribution in [0.2, 0.25) is 5.02 Å². The number of hydrogen-bond acceptors (Lipinski definition) is 3. The standard InChI is InChI=1S/C22H23ClN4O2/c23-18-8-6-17(7-9-18)16-25-12-14-26(15-13-25)22(29)20-10-11-21(28)27(24-20)19-4-2-1-3-5-19/h1-10,24H,11-16H2/p+1. The van der Waals surface area contributed by atoms with E-state index < -0.39 is 0 Å². The number of piperazine rings is 1. The molecule has 0 aromatic heterocycles. The van der Waals surface area contributed by atoms with Crippen LogP contribution in [0.1, 0.15) is 12.0 Å². The van der Waals surface area contributed by atoms with Crippen LogP contribution in [0.5, 0.6) is 0 Å². The molecule has 0 bridgehead atoms. The number of benzene rings is 2. The minimum absolute atomic E-state index is 0.0519. The average molecular weight is 412 g/mol. The molecular weight excluding hydrogens is 388 g/mol. The van der Waals surface area contributed by atoms with Gasteiger partial charge in [0.05, 0.1) is 31.9 Å². The maximum atomic E-state index is 13.0. The molecule has 1 fully saturated rings. The Morgan fingerprint density at radius 2 is 1.72 bits per heavy atom. The number of para-hydroxylation sites is 1. The van der Waals surface area contributed by atoms with E-state index >= 15 is 0 Å². The van der Waals surface area contributed by atoms with Crippen LogP contribution in [0.25, 0.3) is 0 Å². The van der Waals surface area contributed by atoms with E-state index in [9.17, 15) is 9.59 Å². The zero-order chi connectivity index (χ0) is 20.2. The average Bonchev–Trinajstić information content (AvgIpc) is 2.76. The fraction of sp³-hybridized carbons (Fsp3) is 0.273. The van der Waals surface area contributed by atoms with Crippen LogP contribution in [0, 0.1) is 0 Å². The summed E-state index contributed by atoms with van der Waals surface area (Å²) in [6.45, 7) is 4.10. The molecule has 6 nitrogen and oxygen atoms in total. The van der Waals surface area contributed by atoms with E-state index in [0.717, 1.165) is 30.3 Å². The second kappa shape index (κ2) is 8.68. The summed E-state index contributed by atoms with van der Waals surface area (Å²) < 4.78 is 0. The highest BCUT2D eigenvalue weighted by Gasteiger charge is 2.30. The molecule has 0 unspecified atom stereocenters. The van der Waals surface area contributed by atoms with Crippen molar-refractivity contribution in [3.63, 3.8) is 0 Å². The van der Waals surface area contributed by atoms with Gasteiger partial charge >= 0.3 is 0 Å². The number of hydrazine groups is 1. The van der Waals surface area contributed by atoms with Gasteiger partial charge in [-0.05, 0) is 30.3 Å². The molecule has 0 radical (unpaired) electrons. The van der Waals surface area contributed by atoms with Crippen molar-refractivity contribution in [2.75, 3.05) is 31.2 Å². The van der Waals surface area contributed by atoms with Crippen LogP contribution in [0.15, 0.2) is 66.4 Å². The van der Waals surface area contributed by atoms with Crippen LogP contribution in [0.3, 0.4) is 0 Å². The van der Waals surface area contributed by atoms with Crippen molar-refractivity contribution in [1.82, 2.24) is 10.3 Å². The Morgan fingerprint density at radius 1 is 1.03 bits per heavy atom. The van der Waals surface area contributed by atoms with Crippen molar-refractivity contribution in [3.8, 4) is 0 Å². The van der Waals surface area contributed by atoms with Crippen molar-refractivity contribution >= 4 is 29.1 Å². The summed E-state index contributed by atoms with van der Waals surface area (Å²) in [6, 6.07) is 17.3. The second-order valence-corrected chi connectivity index (χ2v) is 7.78. The monoisotopic (exact) mass is 411 g/mol. The van der Waals surface area contributed by atoms with Gasteiger partial charge in [-0.2, -0.15) is 0 Å². The highest BCUT2D eigenvalue weighted by Crippen LogP contribution is 2.18. The molecule has 0 atom stereocenters. The summed E-state index contributed by atoms with van der Waals surface area (Å²) in [6.07, 6.45) is 1.90. The number of rotatable bonds is 4. The molecule has 4 rings (SSSR count). The second-order valence-electron chi connectivity index (χ2n) is 7.34. The van der Waals surface area contributed by atoms with Gasteiger partial charge < -0.3 is 9.80 Å². The third-order valence-corrected chi connectivity index (χ3v) is 5.58. The number of carbonyl (C=O) groups excluding carboxylic acids is 2. The molecular formula is C22H24ClN4O2+. The van der Waals surface area contributed by atoms with Gasteiger partial charge in [0.15, 0.2) is 0 Å². The molecule has 0 saturated carbocycles. The molecule has 2 heterocycles. The minimum Gasteiger partial charge on any atom is -0.328 e. The quantitative estimate of drug-likeness (QED) is 0.799. The van der Waals surface area contributed by atoms with Crippen molar-refractivity contribution in [2.24, 2.45) is 0 Å². The molecule has 7 heteroatoms. The number of halogens is 1. The minimum atomic E-state index is -0.0787. The highest BCUT2D eigenvalue weighted by atomic mass is 35.5. The lowest BCUT2D eigenvalue weighted by molar-refractivity contribution is -0.917. The van der Waals surface area contributed by atoms with Gasteiger partial charge in [0.2, 0.25) is 5.91 Å². The lowest BCUT2D eigenvalue weighted by atomic mass is 10.2. The molecule has 2 amide bonds. The maximum Gasteiger partial charge on any atom is 0.271 e. The normalized spacial score (nSPS) is 17.7. The van der Waals surface area contributed by atoms with E-state index in [1.54, 1.807) is 6.08 Å². The van der Waals surface area contributed by atoms with Gasteiger partial charge in [-0.1, -0.05) is 41.9 Å². The third kappa shape index (κ3) is 4.60. The van der Waals surface area contributed by atoms with Crippen LogP contribution < -0.4 is 15.3 Å². The molecule has 1 saturated heterocycles. The van der Waals surface area contributed by atoms with Gasteiger partial charge in [0.25, 0.3) is 5.91 Å². The summed E-state index contributed by atoms with van der Waals surface area (Å²) in [4.78, 5) is 28.5. The Labute approximate surface area is 175 Å². The maximum absolute atomic E-state index is 13.0. The van der Waals surface area contributed by atoms with Gasteiger partial charge in [0, 0.05) is 17.0 Å². The molecule has 2 aliphatic rings. The van der Waals surface area contributed by atoms with Crippen molar-refractivity contribution < 1.29 is 14.5 Å². The van der Waals surface area contributed by atoms with Crippen molar-refractivity contribution in [2.45, 2.75) is 13.0 Å². The summed E-state index contributed by atoms with van der Waals surface area (Å²) >= 11 is 5.95.